The lowest BCUT2D eigenvalue weighted by atomic mass is 10.0. The van der Waals surface area contributed by atoms with Crippen LogP contribution in [0.5, 0.6) is 5.75 Å². The third-order valence-electron chi connectivity index (χ3n) is 3.65. The Kier molecular flexibility index (Phi) is 5.77. The molecule has 2 rings (SSSR count). The minimum atomic E-state index is -1.14. The smallest absolute Gasteiger partial charge is 0.335 e. The van der Waals surface area contributed by atoms with Gasteiger partial charge in [-0.15, -0.1) is 0 Å². The Morgan fingerprint density at radius 2 is 1.70 bits per heavy atom. The standard InChI is InChI=1S/C19H22O4/c1-13-9-16(11-17(20)19(21)22-3)10-14(2)18(13)23-12-15-7-5-4-6-8-15/h4-10,17,20H,11-12H2,1-3H3/t17-/m1/s1. The van der Waals surface area contributed by atoms with Gasteiger partial charge in [-0.25, -0.2) is 4.79 Å². The number of hydrogen-bond acceptors (Lipinski definition) is 4. The molecule has 2 aromatic carbocycles. The molecule has 0 aliphatic carbocycles. The van der Waals surface area contributed by atoms with Gasteiger partial charge >= 0.3 is 5.97 Å². The van der Waals surface area contributed by atoms with Crippen LogP contribution in [0.4, 0.5) is 0 Å². The first-order valence-electron chi connectivity index (χ1n) is 7.54. The van der Waals surface area contributed by atoms with Crippen molar-refractivity contribution in [3.63, 3.8) is 0 Å². The summed E-state index contributed by atoms with van der Waals surface area (Å²) in [5, 5.41) is 9.77. The molecule has 122 valence electrons. The highest BCUT2D eigenvalue weighted by Gasteiger charge is 2.17. The molecule has 0 bridgehead atoms. The third kappa shape index (κ3) is 4.57. The van der Waals surface area contributed by atoms with E-state index < -0.39 is 12.1 Å². The minimum Gasteiger partial charge on any atom is -0.488 e. The number of methoxy groups -OCH3 is 1. The van der Waals surface area contributed by atoms with Crippen LogP contribution in [-0.4, -0.2) is 24.3 Å². The Hall–Kier alpha value is -2.33. The summed E-state index contributed by atoms with van der Waals surface area (Å²) in [7, 11) is 1.27. The van der Waals surface area contributed by atoms with Gasteiger partial charge in [0.2, 0.25) is 0 Å². The van der Waals surface area contributed by atoms with Crippen molar-refractivity contribution in [3.05, 3.63) is 64.7 Å². The Labute approximate surface area is 136 Å². The number of aryl methyl sites for hydroxylation is 2. The quantitative estimate of drug-likeness (QED) is 0.833. The zero-order valence-electron chi connectivity index (χ0n) is 13.7. The van der Waals surface area contributed by atoms with E-state index >= 15 is 0 Å². The van der Waals surface area contributed by atoms with Gasteiger partial charge in [0, 0.05) is 6.42 Å². The van der Waals surface area contributed by atoms with Crippen LogP contribution in [0.1, 0.15) is 22.3 Å². The molecule has 0 unspecified atom stereocenters. The van der Waals surface area contributed by atoms with Crippen molar-refractivity contribution >= 4 is 5.97 Å². The molecule has 4 nitrogen and oxygen atoms in total. The van der Waals surface area contributed by atoms with Gasteiger partial charge in [-0.2, -0.15) is 0 Å². The minimum absolute atomic E-state index is 0.229. The second kappa shape index (κ2) is 7.79. The van der Waals surface area contributed by atoms with Crippen LogP contribution >= 0.6 is 0 Å². The normalized spacial score (nSPS) is 11.8. The lowest BCUT2D eigenvalue weighted by molar-refractivity contribution is -0.150. The molecule has 1 N–H and O–H groups in total. The predicted octanol–water partition coefficient (Wildman–Crippen LogP) is 2.96. The van der Waals surface area contributed by atoms with E-state index in [-0.39, 0.29) is 6.42 Å². The number of carbonyl (C=O) groups excluding carboxylic acids is 1. The zero-order valence-corrected chi connectivity index (χ0v) is 13.7. The average molecular weight is 314 g/mol. The number of rotatable bonds is 6. The Balaban J connectivity index is 2.09. The second-order valence-corrected chi connectivity index (χ2v) is 5.58. The van der Waals surface area contributed by atoms with Gasteiger partial charge in [0.25, 0.3) is 0 Å². The molecule has 0 spiro atoms. The molecular formula is C19H22O4. The molecule has 0 aromatic heterocycles. The van der Waals surface area contributed by atoms with Crippen molar-refractivity contribution in [3.8, 4) is 5.75 Å². The second-order valence-electron chi connectivity index (χ2n) is 5.58. The molecule has 0 heterocycles. The molecule has 23 heavy (non-hydrogen) atoms. The van der Waals surface area contributed by atoms with Gasteiger partial charge in [-0.3, -0.25) is 0 Å². The zero-order chi connectivity index (χ0) is 16.8. The first-order chi connectivity index (χ1) is 11.0. The highest BCUT2D eigenvalue weighted by Crippen LogP contribution is 2.26. The molecule has 2 aromatic rings. The van der Waals surface area contributed by atoms with Crippen molar-refractivity contribution in [2.24, 2.45) is 0 Å². The molecule has 0 saturated heterocycles. The van der Waals surface area contributed by atoms with E-state index in [1.807, 2.05) is 56.3 Å². The van der Waals surface area contributed by atoms with Crippen LogP contribution in [0.25, 0.3) is 0 Å². The maximum absolute atomic E-state index is 11.3. The van der Waals surface area contributed by atoms with Gasteiger partial charge < -0.3 is 14.6 Å². The van der Waals surface area contributed by atoms with Crippen LogP contribution in [0.15, 0.2) is 42.5 Å². The summed E-state index contributed by atoms with van der Waals surface area (Å²) in [6.45, 7) is 4.43. The van der Waals surface area contributed by atoms with Crippen LogP contribution in [0.2, 0.25) is 0 Å². The van der Waals surface area contributed by atoms with Crippen molar-refractivity contribution in [2.75, 3.05) is 7.11 Å². The first-order valence-corrected chi connectivity index (χ1v) is 7.54. The number of ether oxygens (including phenoxy) is 2. The fraction of sp³-hybridized carbons (Fsp3) is 0.316. The number of aliphatic hydroxyl groups excluding tert-OH is 1. The summed E-state index contributed by atoms with van der Waals surface area (Å²) < 4.78 is 10.5. The van der Waals surface area contributed by atoms with Crippen LogP contribution in [-0.2, 0) is 22.6 Å². The van der Waals surface area contributed by atoms with Crippen molar-refractivity contribution in [2.45, 2.75) is 33.0 Å². The van der Waals surface area contributed by atoms with E-state index in [2.05, 4.69) is 4.74 Å². The van der Waals surface area contributed by atoms with Crippen LogP contribution in [0, 0.1) is 13.8 Å². The number of aliphatic hydroxyl groups is 1. The fourth-order valence-corrected chi connectivity index (χ4v) is 2.56. The summed E-state index contributed by atoms with van der Waals surface area (Å²) in [5.74, 6) is 0.217. The van der Waals surface area contributed by atoms with Gasteiger partial charge in [0.1, 0.15) is 12.4 Å². The van der Waals surface area contributed by atoms with E-state index in [4.69, 9.17) is 4.74 Å². The molecule has 0 amide bonds. The molecule has 0 aliphatic rings. The number of benzene rings is 2. The summed E-state index contributed by atoms with van der Waals surface area (Å²) in [4.78, 5) is 11.3. The van der Waals surface area contributed by atoms with E-state index in [0.717, 1.165) is 28.0 Å². The van der Waals surface area contributed by atoms with Crippen molar-refractivity contribution in [1.29, 1.82) is 0 Å². The number of hydrogen-bond donors (Lipinski definition) is 1. The van der Waals surface area contributed by atoms with Gasteiger partial charge in [0.15, 0.2) is 6.10 Å². The maximum Gasteiger partial charge on any atom is 0.335 e. The topological polar surface area (TPSA) is 55.8 Å². The monoisotopic (exact) mass is 314 g/mol. The summed E-state index contributed by atoms with van der Waals surface area (Å²) in [6.07, 6.45) is -0.914. The van der Waals surface area contributed by atoms with Crippen LogP contribution < -0.4 is 4.74 Å². The Bertz CT molecular complexity index is 641. The van der Waals surface area contributed by atoms with E-state index in [9.17, 15) is 9.90 Å². The van der Waals surface area contributed by atoms with Gasteiger partial charge in [0.05, 0.1) is 7.11 Å². The highest BCUT2D eigenvalue weighted by atomic mass is 16.5. The van der Waals surface area contributed by atoms with Gasteiger partial charge in [-0.1, -0.05) is 42.5 Å². The van der Waals surface area contributed by atoms with Crippen molar-refractivity contribution in [1.82, 2.24) is 0 Å². The summed E-state index contributed by atoms with van der Waals surface area (Å²) in [5.41, 5.74) is 3.95. The fourth-order valence-electron chi connectivity index (χ4n) is 2.56. The van der Waals surface area contributed by atoms with Gasteiger partial charge in [-0.05, 0) is 36.1 Å². The number of carbonyl (C=O) groups is 1. The summed E-state index contributed by atoms with van der Waals surface area (Å²) >= 11 is 0. The SMILES string of the molecule is COC(=O)[C@H](O)Cc1cc(C)c(OCc2ccccc2)c(C)c1. The lowest BCUT2D eigenvalue weighted by Crippen LogP contribution is -2.24. The predicted molar refractivity (Wildman–Crippen MR) is 88.4 cm³/mol. The Morgan fingerprint density at radius 3 is 2.26 bits per heavy atom. The average Bonchev–Trinajstić information content (AvgIpc) is 2.54. The molecule has 1 atom stereocenters. The Morgan fingerprint density at radius 1 is 1.09 bits per heavy atom. The molecule has 0 saturated carbocycles. The molecular weight excluding hydrogens is 292 g/mol. The van der Waals surface area contributed by atoms with E-state index in [1.165, 1.54) is 7.11 Å². The lowest BCUT2D eigenvalue weighted by Gasteiger charge is -2.15. The third-order valence-corrected chi connectivity index (χ3v) is 3.65. The van der Waals surface area contributed by atoms with E-state index in [1.54, 1.807) is 0 Å². The number of esters is 1. The molecule has 0 aliphatic heterocycles. The molecule has 0 radical (unpaired) electrons. The van der Waals surface area contributed by atoms with Crippen LogP contribution in [0.3, 0.4) is 0 Å². The highest BCUT2D eigenvalue weighted by molar-refractivity contribution is 5.74. The maximum atomic E-state index is 11.3. The largest absolute Gasteiger partial charge is 0.488 e. The van der Waals surface area contributed by atoms with Crippen molar-refractivity contribution < 1.29 is 19.4 Å². The molecule has 4 heteroatoms. The van der Waals surface area contributed by atoms with E-state index in [0.29, 0.717) is 6.61 Å². The summed E-state index contributed by atoms with van der Waals surface area (Å²) in [6, 6.07) is 13.8. The molecule has 0 fully saturated rings. The first kappa shape index (κ1) is 17.0.